The van der Waals surface area contributed by atoms with E-state index >= 15 is 0 Å². The quantitative estimate of drug-likeness (QED) is 0.230. The summed E-state index contributed by atoms with van der Waals surface area (Å²) in [5.74, 6) is -0.457. The van der Waals surface area contributed by atoms with Crippen LogP contribution in [0, 0.1) is 25.2 Å². The second-order valence-electron chi connectivity index (χ2n) is 8.74. The number of carbonyl (C=O) groups excluding carboxylic acids is 2. The summed E-state index contributed by atoms with van der Waals surface area (Å²) in [6, 6.07) is 9.98. The van der Waals surface area contributed by atoms with Gasteiger partial charge in [-0.3, -0.25) is 9.48 Å². The molecule has 0 aliphatic heterocycles. The summed E-state index contributed by atoms with van der Waals surface area (Å²) in [4.78, 5) is 23.4. The summed E-state index contributed by atoms with van der Waals surface area (Å²) < 4.78 is 17.5. The van der Waals surface area contributed by atoms with Crippen molar-refractivity contribution in [2.45, 2.75) is 53.2 Å². The molecule has 8 nitrogen and oxygen atoms in total. The van der Waals surface area contributed by atoms with Crippen molar-refractivity contribution < 1.29 is 23.8 Å². The van der Waals surface area contributed by atoms with Gasteiger partial charge in [-0.25, -0.2) is 4.79 Å². The molecular weight excluding hydrogens is 454 g/mol. The van der Waals surface area contributed by atoms with Gasteiger partial charge >= 0.3 is 11.3 Å². The molecule has 0 amide bonds. The molecule has 0 N–H and O–H groups in total. The third-order valence-electron chi connectivity index (χ3n) is 5.20. The van der Waals surface area contributed by atoms with Crippen molar-refractivity contribution in [1.29, 1.82) is 5.26 Å². The number of benzene rings is 1. The minimum Gasteiger partial charge on any atom is -0.468 e. The molecule has 182 valence electrons. The lowest BCUT2D eigenvalue weighted by atomic mass is 9.86. The van der Waals surface area contributed by atoms with Crippen molar-refractivity contribution in [3.63, 3.8) is 0 Å². The standard InChI is InChI=1S/C25H31N3O5S/c1-15-16(2)27-28(7)22(15)23(32-17(3)33-24(30)34-14-21(29)31-8)20(13-26)18-9-11-19(12-10-18)25(4,5)6/h9-12,17H,14H2,1-8H3/b23-20-. The molecule has 1 atom stereocenters. The van der Waals surface area contributed by atoms with Crippen LogP contribution in [0.25, 0.3) is 11.3 Å². The van der Waals surface area contributed by atoms with Crippen molar-refractivity contribution in [2.75, 3.05) is 12.9 Å². The van der Waals surface area contributed by atoms with Crippen LogP contribution in [-0.2, 0) is 31.5 Å². The first-order valence-electron chi connectivity index (χ1n) is 10.7. The zero-order valence-corrected chi connectivity index (χ0v) is 21.7. The molecule has 2 rings (SSSR count). The number of hydrogen-bond donors (Lipinski definition) is 0. The van der Waals surface area contributed by atoms with Gasteiger partial charge in [-0.1, -0.05) is 45.0 Å². The maximum atomic E-state index is 12.1. The highest BCUT2D eigenvalue weighted by molar-refractivity contribution is 8.13. The number of aryl methyl sites for hydroxylation is 2. The predicted molar refractivity (Wildman–Crippen MR) is 132 cm³/mol. The van der Waals surface area contributed by atoms with E-state index in [1.165, 1.54) is 7.11 Å². The fraction of sp³-hybridized carbons (Fsp3) is 0.440. The summed E-state index contributed by atoms with van der Waals surface area (Å²) in [5.41, 5.74) is 4.30. The Hall–Kier alpha value is -3.25. The molecule has 0 aliphatic carbocycles. The molecule has 1 aromatic carbocycles. The number of carbonyl (C=O) groups is 2. The first kappa shape index (κ1) is 27.0. The van der Waals surface area contributed by atoms with Gasteiger partial charge in [0.15, 0.2) is 5.76 Å². The Kier molecular flexibility index (Phi) is 8.93. The van der Waals surface area contributed by atoms with E-state index in [1.54, 1.807) is 18.7 Å². The topological polar surface area (TPSA) is 103 Å². The Labute approximate surface area is 204 Å². The lowest BCUT2D eigenvalue weighted by molar-refractivity contribution is -0.137. The van der Waals surface area contributed by atoms with E-state index in [4.69, 9.17) is 9.47 Å². The van der Waals surface area contributed by atoms with E-state index in [9.17, 15) is 14.9 Å². The second-order valence-corrected chi connectivity index (χ2v) is 9.65. The van der Waals surface area contributed by atoms with E-state index in [2.05, 4.69) is 36.7 Å². The van der Waals surface area contributed by atoms with Crippen LogP contribution in [0.4, 0.5) is 4.79 Å². The molecule has 34 heavy (non-hydrogen) atoms. The van der Waals surface area contributed by atoms with Gasteiger partial charge in [0.25, 0.3) is 0 Å². The highest BCUT2D eigenvalue weighted by Gasteiger charge is 2.25. The monoisotopic (exact) mass is 485 g/mol. The van der Waals surface area contributed by atoms with Crippen molar-refractivity contribution in [2.24, 2.45) is 7.05 Å². The maximum absolute atomic E-state index is 12.1. The number of nitriles is 1. The number of rotatable bonds is 7. The highest BCUT2D eigenvalue weighted by atomic mass is 32.2. The lowest BCUT2D eigenvalue weighted by Crippen LogP contribution is -2.18. The van der Waals surface area contributed by atoms with Crippen LogP contribution in [0.1, 0.15) is 55.8 Å². The van der Waals surface area contributed by atoms with E-state index in [0.717, 1.165) is 16.8 Å². The summed E-state index contributed by atoms with van der Waals surface area (Å²) in [6.07, 6.45) is -1.03. The molecule has 0 radical (unpaired) electrons. The largest absolute Gasteiger partial charge is 0.468 e. The minimum absolute atomic E-state index is 0.0330. The molecule has 0 saturated carbocycles. The third-order valence-corrected chi connectivity index (χ3v) is 5.91. The van der Waals surface area contributed by atoms with Gasteiger partial charge in [0.1, 0.15) is 23.1 Å². The Morgan fingerprint density at radius 1 is 1.18 bits per heavy atom. The van der Waals surface area contributed by atoms with E-state index in [0.29, 0.717) is 23.0 Å². The summed E-state index contributed by atoms with van der Waals surface area (Å²) >= 11 is 0.671. The van der Waals surface area contributed by atoms with Crippen molar-refractivity contribution in [3.8, 4) is 6.07 Å². The summed E-state index contributed by atoms with van der Waals surface area (Å²) in [5, 5.41) is 13.9. The Bertz CT molecular complexity index is 1120. The van der Waals surface area contributed by atoms with Crippen LogP contribution in [-0.4, -0.2) is 40.2 Å². The Morgan fingerprint density at radius 2 is 1.79 bits per heavy atom. The van der Waals surface area contributed by atoms with Gasteiger partial charge in [-0.05, 0) is 42.2 Å². The zero-order valence-electron chi connectivity index (χ0n) is 20.9. The van der Waals surface area contributed by atoms with E-state index in [-0.39, 0.29) is 22.5 Å². The molecule has 0 bridgehead atoms. The first-order chi connectivity index (χ1) is 15.9. The molecule has 1 aromatic heterocycles. The third kappa shape index (κ3) is 6.64. The molecule has 0 saturated heterocycles. The number of ether oxygens (including phenoxy) is 3. The number of esters is 1. The van der Waals surface area contributed by atoms with Crippen LogP contribution in [0.5, 0.6) is 0 Å². The fourth-order valence-electron chi connectivity index (χ4n) is 3.23. The SMILES string of the molecule is COC(=O)CSC(=O)OC(C)O/C(=C(/C#N)c1ccc(C(C)(C)C)cc1)c1c(C)c(C)nn1C. The molecule has 0 spiro atoms. The highest BCUT2D eigenvalue weighted by Crippen LogP contribution is 2.33. The first-order valence-corrected chi connectivity index (χ1v) is 11.7. The van der Waals surface area contributed by atoms with Crippen LogP contribution in [0.15, 0.2) is 24.3 Å². The smallest absolute Gasteiger partial charge is 0.370 e. The van der Waals surface area contributed by atoms with Crippen LogP contribution >= 0.6 is 11.8 Å². The summed E-state index contributed by atoms with van der Waals surface area (Å²) in [6.45, 7) is 11.7. The van der Waals surface area contributed by atoms with Crippen LogP contribution < -0.4 is 0 Å². The molecule has 0 aliphatic rings. The van der Waals surface area contributed by atoms with Gasteiger partial charge in [-0.15, -0.1) is 0 Å². The lowest BCUT2D eigenvalue weighted by Gasteiger charge is -2.21. The average molecular weight is 486 g/mol. The number of nitrogens with zero attached hydrogens (tertiary/aromatic N) is 3. The number of hydrogen-bond acceptors (Lipinski definition) is 8. The molecule has 2 aromatic rings. The molecule has 1 unspecified atom stereocenters. The number of thioether (sulfide) groups is 1. The van der Waals surface area contributed by atoms with E-state index in [1.807, 2.05) is 38.1 Å². The summed E-state index contributed by atoms with van der Waals surface area (Å²) in [7, 11) is 3.01. The maximum Gasteiger partial charge on any atom is 0.370 e. The average Bonchev–Trinajstić information content (AvgIpc) is 3.02. The Balaban J connectivity index is 2.47. The number of allylic oxidation sites excluding steroid dienone is 1. The minimum atomic E-state index is -1.03. The van der Waals surface area contributed by atoms with Gasteiger partial charge < -0.3 is 14.2 Å². The second kappa shape index (κ2) is 11.3. The Morgan fingerprint density at radius 3 is 2.26 bits per heavy atom. The number of methoxy groups -OCH3 is 1. The van der Waals surface area contributed by atoms with Crippen molar-refractivity contribution in [3.05, 3.63) is 52.3 Å². The number of aromatic nitrogens is 2. The van der Waals surface area contributed by atoms with Gasteiger partial charge in [0.05, 0.1) is 12.8 Å². The molecular formula is C25H31N3O5S. The zero-order chi connectivity index (χ0) is 25.6. The normalized spacial score (nSPS) is 12.9. The predicted octanol–water partition coefficient (Wildman–Crippen LogP) is 5.13. The van der Waals surface area contributed by atoms with E-state index < -0.39 is 17.6 Å². The van der Waals surface area contributed by atoms with Gasteiger partial charge in [-0.2, -0.15) is 10.4 Å². The molecule has 9 heteroatoms. The van der Waals surface area contributed by atoms with Crippen molar-refractivity contribution >= 4 is 34.4 Å². The van der Waals surface area contributed by atoms with Gasteiger partial charge in [0.2, 0.25) is 6.29 Å². The van der Waals surface area contributed by atoms with Crippen LogP contribution in [0.2, 0.25) is 0 Å². The fourth-order valence-corrected chi connectivity index (χ4v) is 3.79. The molecule has 1 heterocycles. The molecule has 0 fully saturated rings. The van der Waals surface area contributed by atoms with Crippen LogP contribution in [0.3, 0.4) is 0 Å². The van der Waals surface area contributed by atoms with Crippen molar-refractivity contribution in [1.82, 2.24) is 9.78 Å². The van der Waals surface area contributed by atoms with Gasteiger partial charge in [0, 0.05) is 19.5 Å².